The maximum atomic E-state index is 13.9. The molecule has 2 aliphatic carbocycles. The van der Waals surface area contributed by atoms with E-state index in [0.717, 1.165) is 25.7 Å². The molecule has 0 radical (unpaired) electrons. The molecule has 8 N–H and O–H groups in total. The van der Waals surface area contributed by atoms with Crippen LogP contribution in [0, 0.1) is 0 Å². The molecule has 14 nitrogen and oxygen atoms in total. The van der Waals surface area contributed by atoms with Crippen molar-refractivity contribution in [2.24, 2.45) is 10.8 Å². The number of ketones is 2. The number of amides is 1. The average Bonchev–Trinajstić information content (AvgIpc) is 3.07. The Morgan fingerprint density at radius 1 is 1.10 bits per heavy atom. The lowest BCUT2D eigenvalue weighted by molar-refractivity contribution is -0.245. The van der Waals surface area contributed by atoms with Crippen molar-refractivity contribution in [2.75, 3.05) is 13.7 Å². The van der Waals surface area contributed by atoms with Crippen molar-refractivity contribution in [3.05, 3.63) is 51.6 Å². The molecule has 2 aromatic carbocycles. The topological polar surface area (TPSA) is 230 Å². The van der Waals surface area contributed by atoms with E-state index < -0.39 is 89.4 Å². The fraction of sp³-hybridized carbons (Fsp3) is 0.543. The molecule has 6 atom stereocenters. The Kier molecular flexibility index (Phi) is 11.1. The zero-order valence-corrected chi connectivity index (χ0v) is 27.9. The molecule has 0 bridgehead atoms. The number of methoxy groups -OCH3 is 1. The summed E-state index contributed by atoms with van der Waals surface area (Å²) in [6, 6.07) is 3.68. The monoisotopic (exact) mass is 683 g/mol. The second-order valence-electron chi connectivity index (χ2n) is 13.0. The Bertz CT molecular complexity index is 1630. The lowest BCUT2D eigenvalue weighted by atomic mass is 9.71. The van der Waals surface area contributed by atoms with Crippen molar-refractivity contribution in [3.8, 4) is 17.2 Å². The van der Waals surface area contributed by atoms with Gasteiger partial charge in [-0.2, -0.15) is 5.10 Å². The molecule has 5 rings (SSSR count). The number of phenolic OH excluding ortho intramolecular Hbond substituents is 2. The molecule has 14 heteroatoms. The van der Waals surface area contributed by atoms with Crippen LogP contribution in [0.3, 0.4) is 0 Å². The number of ether oxygens (including phenoxy) is 3. The molecular weight excluding hydrogens is 638 g/mol. The smallest absolute Gasteiger partial charge is 0.240 e. The average molecular weight is 684 g/mol. The fourth-order valence-corrected chi connectivity index (χ4v) is 6.97. The number of hydrogen-bond acceptors (Lipinski definition) is 13. The summed E-state index contributed by atoms with van der Waals surface area (Å²) in [5.41, 5.74) is 4.93. The van der Waals surface area contributed by atoms with Crippen LogP contribution in [-0.2, 0) is 20.7 Å². The van der Waals surface area contributed by atoms with E-state index in [2.05, 4.69) is 17.5 Å². The number of carbonyl (C=O) groups is 3. The van der Waals surface area contributed by atoms with Crippen molar-refractivity contribution >= 4 is 23.2 Å². The minimum absolute atomic E-state index is 0.0186. The van der Waals surface area contributed by atoms with E-state index in [0.29, 0.717) is 6.42 Å². The maximum Gasteiger partial charge on any atom is 0.240 e. The molecule has 1 saturated heterocycles. The standard InChI is InChI=1S/C35H45N3O11/c1-4-5-6-7-8-12-24(40)38-37-23(16-39)35(46)14-19-27(22(15-35)49-25-13-20(36)30(41)17(2)48-25)34(45)29-28(32(19)43)31(42)18-10-9-11-21(47-3)26(18)33(29)44/h9-11,17,20,22,25,30,39,41,43,45-46H,4-8,12-16,36H2,1-3H3,(H,38,40)/b37-23+. The minimum atomic E-state index is -2.08. The van der Waals surface area contributed by atoms with E-state index in [1.54, 1.807) is 6.92 Å². The third-order valence-corrected chi connectivity index (χ3v) is 9.65. The molecule has 0 saturated carbocycles. The van der Waals surface area contributed by atoms with Gasteiger partial charge >= 0.3 is 0 Å². The first kappa shape index (κ1) is 36.4. The van der Waals surface area contributed by atoms with Crippen molar-refractivity contribution < 1.29 is 54.1 Å². The van der Waals surface area contributed by atoms with Gasteiger partial charge in [0.1, 0.15) is 22.8 Å². The van der Waals surface area contributed by atoms with Crippen LogP contribution >= 0.6 is 0 Å². The predicted octanol–water partition coefficient (Wildman–Crippen LogP) is 2.26. The van der Waals surface area contributed by atoms with Crippen molar-refractivity contribution in [3.63, 3.8) is 0 Å². The van der Waals surface area contributed by atoms with Gasteiger partial charge in [0, 0.05) is 48.4 Å². The van der Waals surface area contributed by atoms with E-state index >= 15 is 0 Å². The van der Waals surface area contributed by atoms with Gasteiger partial charge in [-0.05, 0) is 19.4 Å². The number of nitrogens with one attached hydrogen (secondary N) is 1. The van der Waals surface area contributed by atoms with Crippen molar-refractivity contribution in [1.29, 1.82) is 0 Å². The van der Waals surface area contributed by atoms with Gasteiger partial charge in [0.05, 0.1) is 54.4 Å². The first-order chi connectivity index (χ1) is 23.4. The Morgan fingerprint density at radius 3 is 2.49 bits per heavy atom. The van der Waals surface area contributed by atoms with Crippen LogP contribution in [0.25, 0.3) is 0 Å². The molecule has 0 spiro atoms. The number of aliphatic hydroxyl groups is 3. The number of aromatic hydroxyl groups is 2. The highest BCUT2D eigenvalue weighted by Gasteiger charge is 2.49. The van der Waals surface area contributed by atoms with Crippen LogP contribution in [-0.4, -0.2) is 92.6 Å². The number of carbonyl (C=O) groups excluding carboxylic acids is 3. The summed E-state index contributed by atoms with van der Waals surface area (Å²) in [6.07, 6.45) is -0.138. The largest absolute Gasteiger partial charge is 0.507 e. The molecule has 1 fully saturated rings. The zero-order chi connectivity index (χ0) is 35.6. The van der Waals surface area contributed by atoms with Gasteiger partial charge in [0.2, 0.25) is 11.7 Å². The highest BCUT2D eigenvalue weighted by atomic mass is 16.7. The number of aliphatic hydroxyl groups excluding tert-OH is 2. The number of hydrazone groups is 1. The summed E-state index contributed by atoms with van der Waals surface area (Å²) >= 11 is 0. The Morgan fingerprint density at radius 2 is 1.82 bits per heavy atom. The van der Waals surface area contributed by atoms with Crippen LogP contribution in [0.15, 0.2) is 23.3 Å². The van der Waals surface area contributed by atoms with E-state index in [1.807, 2.05) is 0 Å². The summed E-state index contributed by atoms with van der Waals surface area (Å²) < 4.78 is 17.4. The van der Waals surface area contributed by atoms with Gasteiger partial charge < -0.3 is 45.5 Å². The van der Waals surface area contributed by atoms with E-state index in [1.165, 1.54) is 25.3 Å². The van der Waals surface area contributed by atoms with Gasteiger partial charge in [0.15, 0.2) is 12.1 Å². The van der Waals surface area contributed by atoms with Crippen molar-refractivity contribution in [1.82, 2.24) is 5.43 Å². The summed E-state index contributed by atoms with van der Waals surface area (Å²) in [7, 11) is 1.33. The van der Waals surface area contributed by atoms with E-state index in [4.69, 9.17) is 19.9 Å². The number of nitrogens with zero attached hydrogens (tertiary/aromatic N) is 1. The number of nitrogens with two attached hydrogens (primary N) is 1. The van der Waals surface area contributed by atoms with Gasteiger partial charge in [0.25, 0.3) is 0 Å². The first-order valence-corrected chi connectivity index (χ1v) is 16.7. The number of fused-ring (bicyclic) bond motifs is 3. The molecule has 1 aliphatic heterocycles. The molecule has 49 heavy (non-hydrogen) atoms. The van der Waals surface area contributed by atoms with Crippen LogP contribution in [0.4, 0.5) is 0 Å². The highest BCUT2D eigenvalue weighted by Crippen LogP contribution is 2.52. The minimum Gasteiger partial charge on any atom is -0.507 e. The molecule has 6 unspecified atom stereocenters. The van der Waals surface area contributed by atoms with Crippen molar-refractivity contribution in [2.45, 2.75) is 108 Å². The summed E-state index contributed by atoms with van der Waals surface area (Å²) in [6.45, 7) is 2.89. The number of hydrogen-bond donors (Lipinski definition) is 7. The van der Waals surface area contributed by atoms with E-state index in [9.17, 15) is 39.9 Å². The number of phenols is 2. The summed E-state index contributed by atoms with van der Waals surface area (Å²) in [5, 5.41) is 60.3. The van der Waals surface area contributed by atoms with Crippen LogP contribution < -0.4 is 15.9 Å². The second-order valence-corrected chi connectivity index (χ2v) is 13.0. The quantitative estimate of drug-likeness (QED) is 0.0631. The molecule has 1 heterocycles. The number of unbranched alkanes of at least 4 members (excludes halogenated alkanes) is 4. The molecule has 0 aromatic heterocycles. The van der Waals surface area contributed by atoms with E-state index in [-0.39, 0.29) is 53.0 Å². The van der Waals surface area contributed by atoms with Gasteiger partial charge in [-0.25, -0.2) is 5.43 Å². The Balaban J connectivity index is 1.57. The Hall–Kier alpha value is -3.92. The fourth-order valence-electron chi connectivity index (χ4n) is 6.97. The lowest BCUT2D eigenvalue weighted by Gasteiger charge is -2.43. The number of benzene rings is 2. The van der Waals surface area contributed by atoms with Gasteiger partial charge in [-0.15, -0.1) is 0 Å². The van der Waals surface area contributed by atoms with Crippen LogP contribution in [0.5, 0.6) is 17.2 Å². The third kappa shape index (κ3) is 6.94. The molecule has 2 aromatic rings. The normalized spacial score (nSPS) is 26.5. The zero-order valence-electron chi connectivity index (χ0n) is 27.9. The molecular formula is C35H45N3O11. The highest BCUT2D eigenvalue weighted by molar-refractivity contribution is 6.31. The third-order valence-electron chi connectivity index (χ3n) is 9.65. The van der Waals surface area contributed by atoms with Crippen LogP contribution in [0.1, 0.15) is 114 Å². The van der Waals surface area contributed by atoms with Gasteiger partial charge in [-0.3, -0.25) is 14.4 Å². The van der Waals surface area contributed by atoms with Crippen LogP contribution in [0.2, 0.25) is 0 Å². The lowest BCUT2D eigenvalue weighted by Crippen LogP contribution is -2.53. The Labute approximate surface area is 283 Å². The summed E-state index contributed by atoms with van der Waals surface area (Å²) in [4.78, 5) is 40.3. The maximum absolute atomic E-state index is 13.9. The SMILES string of the molecule is CCCCCCCC(=O)N/N=C(\CO)C1(O)Cc2c(O)c3c(c(O)c2C(OC2CC(N)C(O)C(C)O2)C1)C(=O)c1c(OC)cccc1C3=O. The van der Waals surface area contributed by atoms with Gasteiger partial charge in [-0.1, -0.05) is 44.7 Å². The molecule has 266 valence electrons. The number of rotatable bonds is 12. The summed E-state index contributed by atoms with van der Waals surface area (Å²) in [5.74, 6) is -3.14. The second kappa shape index (κ2) is 14.9. The molecule has 3 aliphatic rings. The predicted molar refractivity (Wildman–Crippen MR) is 176 cm³/mol. The first-order valence-electron chi connectivity index (χ1n) is 16.7. The molecule has 1 amide bonds.